The van der Waals surface area contributed by atoms with E-state index in [1.54, 1.807) is 0 Å². The third-order valence-corrected chi connectivity index (χ3v) is 5.44. The quantitative estimate of drug-likeness (QED) is 0.813. The first-order valence-corrected chi connectivity index (χ1v) is 9.02. The predicted octanol–water partition coefficient (Wildman–Crippen LogP) is 1.20. The van der Waals surface area contributed by atoms with E-state index in [9.17, 15) is 9.59 Å². The summed E-state index contributed by atoms with van der Waals surface area (Å²) >= 11 is 1.49. The highest BCUT2D eigenvalue weighted by molar-refractivity contribution is 7.13. The molecule has 0 aromatic carbocycles. The van der Waals surface area contributed by atoms with Crippen molar-refractivity contribution in [2.45, 2.75) is 26.7 Å². The third kappa shape index (κ3) is 3.55. The van der Waals surface area contributed by atoms with Gasteiger partial charge in [0, 0.05) is 49.8 Å². The van der Waals surface area contributed by atoms with Crippen LogP contribution in [0.25, 0.3) is 0 Å². The van der Waals surface area contributed by atoms with Gasteiger partial charge >= 0.3 is 0 Å². The average molecular weight is 337 g/mol. The molecule has 3 rings (SSSR count). The Morgan fingerprint density at radius 2 is 1.78 bits per heavy atom. The van der Waals surface area contributed by atoms with E-state index >= 15 is 0 Å². The fraction of sp³-hybridized carbons (Fsp3) is 0.688. The van der Waals surface area contributed by atoms with Gasteiger partial charge in [-0.25, -0.2) is 4.98 Å². The lowest BCUT2D eigenvalue weighted by atomic mass is 10.2. The minimum absolute atomic E-state index is 0.0153. The molecule has 0 spiro atoms. The zero-order chi connectivity index (χ0) is 16.4. The number of rotatable bonds is 2. The number of carbonyl (C=O) groups excluding carboxylic acids is 2. The van der Waals surface area contributed by atoms with Gasteiger partial charge in [-0.15, -0.1) is 11.3 Å². The van der Waals surface area contributed by atoms with Gasteiger partial charge in [0.05, 0.1) is 18.9 Å². The van der Waals surface area contributed by atoms with Crippen LogP contribution in [0.1, 0.15) is 34.2 Å². The van der Waals surface area contributed by atoms with Crippen molar-refractivity contribution in [3.63, 3.8) is 0 Å². The van der Waals surface area contributed by atoms with Gasteiger partial charge in [0.2, 0.25) is 5.91 Å². The molecule has 2 aliphatic rings. The summed E-state index contributed by atoms with van der Waals surface area (Å²) in [5.74, 6) is 0.240. The molecule has 0 bridgehead atoms. The number of thiazole rings is 1. The highest BCUT2D eigenvalue weighted by Gasteiger charge is 2.26. The molecule has 1 fully saturated rings. The zero-order valence-corrected chi connectivity index (χ0v) is 14.5. The second kappa shape index (κ2) is 6.97. The third-order valence-electron chi connectivity index (χ3n) is 4.29. The van der Waals surface area contributed by atoms with Crippen LogP contribution in [0.2, 0.25) is 0 Å². The number of amides is 2. The second-order valence-corrected chi connectivity index (χ2v) is 7.36. The molecule has 2 amide bonds. The topological polar surface area (TPSA) is 62.7 Å². The van der Waals surface area contributed by atoms with E-state index < -0.39 is 0 Å². The summed E-state index contributed by atoms with van der Waals surface area (Å²) in [5.41, 5.74) is 0.991. The van der Waals surface area contributed by atoms with Crippen LogP contribution in [0.4, 0.5) is 0 Å². The molecule has 0 saturated carbocycles. The SMILES string of the molecule is CC(C)C(=O)N1CCc2nc(C(=O)N3CCOCC3)sc2CC1. The van der Waals surface area contributed by atoms with Crippen molar-refractivity contribution >= 4 is 23.2 Å². The number of aromatic nitrogens is 1. The molecule has 0 N–H and O–H groups in total. The lowest BCUT2D eigenvalue weighted by Crippen LogP contribution is -2.40. The Morgan fingerprint density at radius 3 is 2.48 bits per heavy atom. The lowest BCUT2D eigenvalue weighted by molar-refractivity contribution is -0.134. The molecule has 7 heteroatoms. The van der Waals surface area contributed by atoms with Crippen molar-refractivity contribution in [2.75, 3.05) is 39.4 Å². The van der Waals surface area contributed by atoms with Gasteiger partial charge in [0.25, 0.3) is 5.91 Å². The van der Waals surface area contributed by atoms with Crippen molar-refractivity contribution in [3.8, 4) is 0 Å². The van der Waals surface area contributed by atoms with Crippen LogP contribution >= 0.6 is 11.3 Å². The molecule has 0 aliphatic carbocycles. The molecule has 0 atom stereocenters. The van der Waals surface area contributed by atoms with Gasteiger partial charge in [-0.1, -0.05) is 13.8 Å². The van der Waals surface area contributed by atoms with Gasteiger partial charge in [-0.2, -0.15) is 0 Å². The number of nitrogens with zero attached hydrogens (tertiary/aromatic N) is 3. The van der Waals surface area contributed by atoms with Crippen molar-refractivity contribution in [1.82, 2.24) is 14.8 Å². The maximum absolute atomic E-state index is 12.5. The van der Waals surface area contributed by atoms with Gasteiger partial charge in [-0.05, 0) is 0 Å². The normalized spacial score (nSPS) is 18.7. The summed E-state index contributed by atoms with van der Waals surface area (Å²) in [5, 5.41) is 0.584. The van der Waals surface area contributed by atoms with E-state index in [0.29, 0.717) is 37.9 Å². The Morgan fingerprint density at radius 1 is 1.09 bits per heavy atom. The average Bonchev–Trinajstić information content (AvgIpc) is 2.87. The first-order valence-electron chi connectivity index (χ1n) is 8.20. The molecule has 2 aliphatic heterocycles. The molecule has 6 nitrogen and oxygen atoms in total. The smallest absolute Gasteiger partial charge is 0.283 e. The van der Waals surface area contributed by atoms with E-state index in [1.165, 1.54) is 11.3 Å². The fourth-order valence-corrected chi connectivity index (χ4v) is 4.01. The van der Waals surface area contributed by atoms with E-state index in [-0.39, 0.29) is 17.7 Å². The minimum atomic E-state index is 0.0153. The predicted molar refractivity (Wildman–Crippen MR) is 87.7 cm³/mol. The van der Waals surface area contributed by atoms with E-state index in [2.05, 4.69) is 4.98 Å². The van der Waals surface area contributed by atoms with Crippen molar-refractivity contribution in [3.05, 3.63) is 15.6 Å². The summed E-state index contributed by atoms with van der Waals surface area (Å²) < 4.78 is 5.29. The van der Waals surface area contributed by atoms with Crippen LogP contribution in [0.3, 0.4) is 0 Å². The maximum Gasteiger partial charge on any atom is 0.283 e. The summed E-state index contributed by atoms with van der Waals surface area (Å²) in [7, 11) is 0. The Kier molecular flexibility index (Phi) is 4.96. The molecule has 3 heterocycles. The molecular weight excluding hydrogens is 314 g/mol. The fourth-order valence-electron chi connectivity index (χ4n) is 2.94. The largest absolute Gasteiger partial charge is 0.378 e. The standard InChI is InChI=1S/C16H23N3O3S/c1-11(2)15(20)18-5-3-12-13(4-6-18)23-14(17-12)16(21)19-7-9-22-10-8-19/h11H,3-10H2,1-2H3. The monoisotopic (exact) mass is 337 g/mol. The summed E-state index contributed by atoms with van der Waals surface area (Å²) in [6.07, 6.45) is 1.53. The van der Waals surface area contributed by atoms with E-state index in [4.69, 9.17) is 4.74 Å². The van der Waals surface area contributed by atoms with Crippen LogP contribution in [0, 0.1) is 5.92 Å². The zero-order valence-electron chi connectivity index (χ0n) is 13.7. The number of morpholine rings is 1. The first kappa shape index (κ1) is 16.4. The molecule has 1 saturated heterocycles. The molecule has 0 unspecified atom stereocenters. The molecular formula is C16H23N3O3S. The lowest BCUT2D eigenvalue weighted by Gasteiger charge is -2.25. The van der Waals surface area contributed by atoms with Crippen LogP contribution < -0.4 is 0 Å². The highest BCUT2D eigenvalue weighted by atomic mass is 32.1. The van der Waals surface area contributed by atoms with Crippen molar-refractivity contribution in [1.29, 1.82) is 0 Å². The molecule has 0 radical (unpaired) electrons. The number of ether oxygens (including phenoxy) is 1. The van der Waals surface area contributed by atoms with Gasteiger partial charge < -0.3 is 14.5 Å². The van der Waals surface area contributed by atoms with E-state index in [0.717, 1.165) is 30.0 Å². The summed E-state index contributed by atoms with van der Waals surface area (Å²) in [6, 6.07) is 0. The van der Waals surface area contributed by atoms with Crippen LogP contribution in [-0.2, 0) is 22.4 Å². The molecule has 126 valence electrons. The Bertz CT molecular complexity index is 568. The Balaban J connectivity index is 1.68. The summed E-state index contributed by atoms with van der Waals surface area (Å²) in [4.78, 5) is 34.1. The molecule has 1 aromatic heterocycles. The van der Waals surface area contributed by atoms with Crippen molar-refractivity contribution < 1.29 is 14.3 Å². The first-order chi connectivity index (χ1) is 11.1. The van der Waals surface area contributed by atoms with Crippen LogP contribution in [-0.4, -0.2) is 66.0 Å². The number of hydrogen-bond acceptors (Lipinski definition) is 5. The summed E-state index contributed by atoms with van der Waals surface area (Å²) in [6.45, 7) is 7.75. The second-order valence-electron chi connectivity index (χ2n) is 6.27. The highest BCUT2D eigenvalue weighted by Crippen LogP contribution is 2.24. The van der Waals surface area contributed by atoms with Crippen LogP contribution in [0.15, 0.2) is 0 Å². The van der Waals surface area contributed by atoms with Gasteiger partial charge in [0.15, 0.2) is 5.01 Å². The minimum Gasteiger partial charge on any atom is -0.378 e. The van der Waals surface area contributed by atoms with Crippen LogP contribution in [0.5, 0.6) is 0 Å². The Labute approximate surface area is 140 Å². The number of fused-ring (bicyclic) bond motifs is 1. The van der Waals surface area contributed by atoms with Crippen molar-refractivity contribution in [2.24, 2.45) is 5.92 Å². The number of hydrogen-bond donors (Lipinski definition) is 0. The number of carbonyl (C=O) groups is 2. The molecule has 1 aromatic rings. The molecule has 23 heavy (non-hydrogen) atoms. The van der Waals surface area contributed by atoms with Gasteiger partial charge in [0.1, 0.15) is 0 Å². The Hall–Kier alpha value is -1.47. The van der Waals surface area contributed by atoms with E-state index in [1.807, 2.05) is 23.6 Å². The van der Waals surface area contributed by atoms with Gasteiger partial charge in [-0.3, -0.25) is 9.59 Å². The maximum atomic E-state index is 12.5.